The summed E-state index contributed by atoms with van der Waals surface area (Å²) in [6.45, 7) is 5.75. The van der Waals surface area contributed by atoms with Gasteiger partial charge in [0.15, 0.2) is 6.29 Å². The van der Waals surface area contributed by atoms with Crippen LogP contribution < -0.4 is 4.74 Å². The molecule has 3 nitrogen and oxygen atoms in total. The highest BCUT2D eigenvalue weighted by atomic mass is 16.7. The minimum Gasteiger partial charge on any atom is -0.457 e. The molecular formula is C21H28O3. The van der Waals surface area contributed by atoms with Crippen LogP contribution in [0.4, 0.5) is 0 Å². The summed E-state index contributed by atoms with van der Waals surface area (Å²) in [6.07, 6.45) is 4.02. The van der Waals surface area contributed by atoms with Gasteiger partial charge in [0.25, 0.3) is 0 Å². The molecule has 0 atom stereocenters. The maximum Gasteiger partial charge on any atom is 0.183 e. The van der Waals surface area contributed by atoms with E-state index in [-0.39, 0.29) is 6.29 Å². The third-order valence-electron chi connectivity index (χ3n) is 3.67. The Balaban J connectivity index is 1.97. The SMILES string of the molecule is CCCCOC(OCCCC)c1ccc(Oc2ccccc2)cc1. The lowest BCUT2D eigenvalue weighted by Crippen LogP contribution is -2.11. The minimum atomic E-state index is -0.297. The van der Waals surface area contributed by atoms with Crippen molar-refractivity contribution in [3.05, 3.63) is 60.2 Å². The molecule has 0 aliphatic heterocycles. The Hall–Kier alpha value is -1.84. The van der Waals surface area contributed by atoms with Crippen molar-refractivity contribution in [2.75, 3.05) is 13.2 Å². The first-order valence-electron chi connectivity index (χ1n) is 8.89. The Morgan fingerprint density at radius 1 is 0.708 bits per heavy atom. The normalized spacial score (nSPS) is 11.0. The summed E-state index contributed by atoms with van der Waals surface area (Å²) in [5.41, 5.74) is 1.03. The maximum atomic E-state index is 5.91. The number of rotatable bonds is 11. The molecule has 0 aliphatic rings. The molecule has 24 heavy (non-hydrogen) atoms. The van der Waals surface area contributed by atoms with Crippen molar-refractivity contribution in [2.24, 2.45) is 0 Å². The third kappa shape index (κ3) is 6.34. The van der Waals surface area contributed by atoms with Gasteiger partial charge >= 0.3 is 0 Å². The van der Waals surface area contributed by atoms with E-state index in [0.29, 0.717) is 0 Å². The standard InChI is InChI=1S/C21H28O3/c1-3-5-16-22-21(23-17-6-4-2)18-12-14-20(15-13-18)24-19-10-8-7-9-11-19/h7-15,21H,3-6,16-17H2,1-2H3. The second-order valence-electron chi connectivity index (χ2n) is 5.76. The number of unbranched alkanes of at least 4 members (excludes halogenated alkanes) is 2. The topological polar surface area (TPSA) is 27.7 Å². The van der Waals surface area contributed by atoms with Gasteiger partial charge in [-0.3, -0.25) is 0 Å². The monoisotopic (exact) mass is 328 g/mol. The molecule has 0 aliphatic carbocycles. The highest BCUT2D eigenvalue weighted by Crippen LogP contribution is 2.25. The van der Waals surface area contributed by atoms with E-state index in [4.69, 9.17) is 14.2 Å². The van der Waals surface area contributed by atoms with Crippen LogP contribution in [0.2, 0.25) is 0 Å². The average Bonchev–Trinajstić information content (AvgIpc) is 2.62. The zero-order chi connectivity index (χ0) is 17.0. The van der Waals surface area contributed by atoms with Crippen LogP contribution in [0, 0.1) is 0 Å². The van der Waals surface area contributed by atoms with Gasteiger partial charge in [0, 0.05) is 5.56 Å². The summed E-state index contributed by atoms with van der Waals surface area (Å²) in [6, 6.07) is 17.7. The van der Waals surface area contributed by atoms with Crippen molar-refractivity contribution in [2.45, 2.75) is 45.8 Å². The summed E-state index contributed by atoms with van der Waals surface area (Å²) in [4.78, 5) is 0. The predicted molar refractivity (Wildman–Crippen MR) is 97.4 cm³/mol. The molecule has 0 saturated carbocycles. The van der Waals surface area contributed by atoms with E-state index in [1.54, 1.807) is 0 Å². The van der Waals surface area contributed by atoms with Crippen LogP contribution in [-0.4, -0.2) is 13.2 Å². The smallest absolute Gasteiger partial charge is 0.183 e. The van der Waals surface area contributed by atoms with Crippen LogP contribution >= 0.6 is 0 Å². The number of hydrogen-bond acceptors (Lipinski definition) is 3. The summed E-state index contributed by atoms with van der Waals surface area (Å²) in [5.74, 6) is 1.64. The van der Waals surface area contributed by atoms with Crippen LogP contribution in [0.1, 0.15) is 51.4 Å². The second-order valence-corrected chi connectivity index (χ2v) is 5.76. The van der Waals surface area contributed by atoms with E-state index in [2.05, 4.69) is 13.8 Å². The molecule has 0 heterocycles. The number of hydrogen-bond donors (Lipinski definition) is 0. The largest absolute Gasteiger partial charge is 0.457 e. The molecule has 130 valence electrons. The van der Waals surface area contributed by atoms with Gasteiger partial charge in [0.05, 0.1) is 13.2 Å². The van der Waals surface area contributed by atoms with Gasteiger partial charge in [-0.15, -0.1) is 0 Å². The van der Waals surface area contributed by atoms with Crippen LogP contribution in [0.3, 0.4) is 0 Å². The second kappa shape index (κ2) is 10.8. The van der Waals surface area contributed by atoms with Crippen molar-refractivity contribution < 1.29 is 14.2 Å². The van der Waals surface area contributed by atoms with Gasteiger partial charge in [-0.2, -0.15) is 0 Å². The fourth-order valence-electron chi connectivity index (χ4n) is 2.23. The molecular weight excluding hydrogens is 300 g/mol. The van der Waals surface area contributed by atoms with Crippen LogP contribution in [-0.2, 0) is 9.47 Å². The zero-order valence-corrected chi connectivity index (χ0v) is 14.7. The molecule has 0 saturated heterocycles. The van der Waals surface area contributed by atoms with E-state index in [1.807, 2.05) is 54.6 Å². The van der Waals surface area contributed by atoms with Gasteiger partial charge in [0.1, 0.15) is 11.5 Å². The van der Waals surface area contributed by atoms with Crippen molar-refractivity contribution in [3.63, 3.8) is 0 Å². The van der Waals surface area contributed by atoms with Crippen LogP contribution in [0.25, 0.3) is 0 Å². The highest BCUT2D eigenvalue weighted by Gasteiger charge is 2.12. The lowest BCUT2D eigenvalue weighted by Gasteiger charge is -2.19. The fraction of sp³-hybridized carbons (Fsp3) is 0.429. The first kappa shape index (κ1) is 18.5. The molecule has 2 aromatic rings. The molecule has 3 heteroatoms. The molecule has 2 rings (SSSR count). The number of ether oxygens (including phenoxy) is 3. The van der Waals surface area contributed by atoms with E-state index in [0.717, 1.165) is 56.0 Å². The molecule has 2 aromatic carbocycles. The minimum absolute atomic E-state index is 0.297. The highest BCUT2D eigenvalue weighted by molar-refractivity contribution is 5.33. The average molecular weight is 328 g/mol. The lowest BCUT2D eigenvalue weighted by molar-refractivity contribution is -0.148. The van der Waals surface area contributed by atoms with Crippen molar-refractivity contribution >= 4 is 0 Å². The van der Waals surface area contributed by atoms with Gasteiger partial charge in [-0.05, 0) is 37.1 Å². The van der Waals surface area contributed by atoms with E-state index in [1.165, 1.54) is 0 Å². The van der Waals surface area contributed by atoms with E-state index in [9.17, 15) is 0 Å². The van der Waals surface area contributed by atoms with Crippen LogP contribution in [0.15, 0.2) is 54.6 Å². The zero-order valence-electron chi connectivity index (χ0n) is 14.7. The maximum absolute atomic E-state index is 5.91. The fourth-order valence-corrected chi connectivity index (χ4v) is 2.23. The predicted octanol–water partition coefficient (Wildman–Crippen LogP) is 6.11. The molecule has 0 bridgehead atoms. The van der Waals surface area contributed by atoms with Crippen LogP contribution in [0.5, 0.6) is 11.5 Å². The van der Waals surface area contributed by atoms with E-state index < -0.39 is 0 Å². The Kier molecular flexibility index (Phi) is 8.36. The number of benzene rings is 2. The Morgan fingerprint density at radius 3 is 1.79 bits per heavy atom. The van der Waals surface area contributed by atoms with Crippen molar-refractivity contribution in [1.82, 2.24) is 0 Å². The first-order chi connectivity index (χ1) is 11.8. The van der Waals surface area contributed by atoms with E-state index >= 15 is 0 Å². The Bertz CT molecular complexity index is 541. The van der Waals surface area contributed by atoms with Gasteiger partial charge in [-0.1, -0.05) is 57.0 Å². The summed E-state index contributed by atoms with van der Waals surface area (Å²) in [5, 5.41) is 0. The van der Waals surface area contributed by atoms with Crippen molar-refractivity contribution in [3.8, 4) is 11.5 Å². The summed E-state index contributed by atoms with van der Waals surface area (Å²) < 4.78 is 17.6. The third-order valence-corrected chi connectivity index (χ3v) is 3.67. The van der Waals surface area contributed by atoms with Gasteiger partial charge < -0.3 is 14.2 Å². The molecule has 0 aromatic heterocycles. The molecule has 0 unspecified atom stereocenters. The molecule has 0 spiro atoms. The molecule has 0 fully saturated rings. The van der Waals surface area contributed by atoms with Crippen molar-refractivity contribution in [1.29, 1.82) is 0 Å². The Labute approximate surface area is 145 Å². The Morgan fingerprint density at radius 2 is 1.25 bits per heavy atom. The summed E-state index contributed by atoms with van der Waals surface area (Å²) in [7, 11) is 0. The first-order valence-corrected chi connectivity index (χ1v) is 8.89. The molecule has 0 N–H and O–H groups in total. The molecule has 0 radical (unpaired) electrons. The van der Waals surface area contributed by atoms with Gasteiger partial charge in [-0.25, -0.2) is 0 Å². The quantitative estimate of drug-likeness (QED) is 0.368. The summed E-state index contributed by atoms with van der Waals surface area (Å²) >= 11 is 0. The molecule has 0 amide bonds. The van der Waals surface area contributed by atoms with Gasteiger partial charge in [0.2, 0.25) is 0 Å². The lowest BCUT2D eigenvalue weighted by atomic mass is 10.2. The number of para-hydroxylation sites is 1.